The lowest BCUT2D eigenvalue weighted by molar-refractivity contribution is 0.0529. The van der Waals surface area contributed by atoms with E-state index in [1.807, 2.05) is 0 Å². The summed E-state index contributed by atoms with van der Waals surface area (Å²) in [6.07, 6.45) is 6.56. The zero-order valence-corrected chi connectivity index (χ0v) is 16.2. The van der Waals surface area contributed by atoms with Gasteiger partial charge in [0.25, 0.3) is 0 Å². The minimum atomic E-state index is -0.614. The van der Waals surface area contributed by atoms with Gasteiger partial charge in [0, 0.05) is 0 Å². The van der Waals surface area contributed by atoms with Crippen molar-refractivity contribution in [2.24, 2.45) is 0 Å². The van der Waals surface area contributed by atoms with Crippen molar-refractivity contribution in [1.29, 1.82) is 0 Å². The number of benzene rings is 2. The zero-order valence-electron chi connectivity index (χ0n) is 16.2. The monoisotopic (exact) mass is 390 g/mol. The number of hydrogen-bond acceptors (Lipinski definition) is 3. The van der Waals surface area contributed by atoms with Crippen LogP contribution in [0.1, 0.15) is 49.7 Å². The van der Waals surface area contributed by atoms with E-state index in [0.717, 1.165) is 62.5 Å². The van der Waals surface area contributed by atoms with Crippen LogP contribution in [-0.4, -0.2) is 19.4 Å². The fraction of sp³-hybridized carbons (Fsp3) is 0.435. The first-order valence-corrected chi connectivity index (χ1v) is 9.92. The van der Waals surface area contributed by atoms with Crippen molar-refractivity contribution in [3.05, 3.63) is 71.3 Å². The molecule has 0 radical (unpaired) electrons. The van der Waals surface area contributed by atoms with E-state index in [4.69, 9.17) is 9.47 Å². The van der Waals surface area contributed by atoms with Gasteiger partial charge in [0.05, 0.1) is 13.2 Å². The molecule has 0 N–H and O–H groups in total. The molecular weight excluding hydrogens is 362 g/mol. The van der Waals surface area contributed by atoms with Crippen LogP contribution in [0.3, 0.4) is 0 Å². The predicted molar refractivity (Wildman–Crippen MR) is 105 cm³/mol. The predicted octanol–water partition coefficient (Wildman–Crippen LogP) is 6.24. The number of unbranched alkanes of at least 4 members (excludes halogenated alkanes) is 4. The van der Waals surface area contributed by atoms with Gasteiger partial charge < -0.3 is 9.47 Å². The molecule has 28 heavy (non-hydrogen) atoms. The van der Waals surface area contributed by atoms with E-state index in [1.165, 1.54) is 24.3 Å². The summed E-state index contributed by atoms with van der Waals surface area (Å²) < 4.78 is 35.7. The number of carbonyl (C=O) groups excluding carboxylic acids is 1. The Morgan fingerprint density at radius 1 is 0.607 bits per heavy atom. The second kappa shape index (κ2) is 12.9. The Kier molecular flexibility index (Phi) is 10.0. The van der Waals surface area contributed by atoms with E-state index in [1.54, 1.807) is 24.3 Å². The number of ether oxygens (including phenoxy) is 2. The van der Waals surface area contributed by atoms with Crippen LogP contribution in [0.4, 0.5) is 13.6 Å². The maximum Gasteiger partial charge on any atom is 0.508 e. The molecule has 0 aliphatic rings. The molecule has 0 saturated heterocycles. The molecule has 152 valence electrons. The van der Waals surface area contributed by atoms with Crippen LogP contribution < -0.4 is 0 Å². The molecule has 0 aliphatic heterocycles. The molecule has 3 nitrogen and oxygen atoms in total. The fourth-order valence-electron chi connectivity index (χ4n) is 2.87. The van der Waals surface area contributed by atoms with Crippen LogP contribution in [0.25, 0.3) is 0 Å². The summed E-state index contributed by atoms with van der Waals surface area (Å²) >= 11 is 0. The van der Waals surface area contributed by atoms with Gasteiger partial charge in [0.2, 0.25) is 0 Å². The van der Waals surface area contributed by atoms with Gasteiger partial charge in [-0.2, -0.15) is 0 Å². The third-order valence-corrected chi connectivity index (χ3v) is 4.49. The molecular formula is C23H28F2O3. The largest absolute Gasteiger partial charge is 0.508 e. The third kappa shape index (κ3) is 9.49. The van der Waals surface area contributed by atoms with Gasteiger partial charge in [0.1, 0.15) is 11.6 Å². The standard InChI is InChI=1S/C23H28F2O3/c24-21-13-9-19(10-14-21)7-3-1-5-17-27-23(26)28-18-6-2-4-8-20-11-15-22(25)16-12-20/h9-16H,1-8,17-18H2. The summed E-state index contributed by atoms with van der Waals surface area (Å²) in [7, 11) is 0. The molecule has 2 aromatic rings. The molecule has 0 fully saturated rings. The van der Waals surface area contributed by atoms with E-state index in [2.05, 4.69) is 0 Å². The summed E-state index contributed by atoms with van der Waals surface area (Å²) in [5, 5.41) is 0. The van der Waals surface area contributed by atoms with E-state index in [-0.39, 0.29) is 11.6 Å². The molecule has 5 heteroatoms. The second-order valence-electron chi connectivity index (χ2n) is 6.82. The molecule has 0 amide bonds. The minimum Gasteiger partial charge on any atom is -0.434 e. The lowest BCUT2D eigenvalue weighted by Gasteiger charge is -2.07. The first-order chi connectivity index (χ1) is 13.6. The van der Waals surface area contributed by atoms with Gasteiger partial charge in [-0.1, -0.05) is 24.3 Å². The van der Waals surface area contributed by atoms with Gasteiger partial charge >= 0.3 is 6.16 Å². The third-order valence-electron chi connectivity index (χ3n) is 4.49. The van der Waals surface area contributed by atoms with Crippen molar-refractivity contribution in [3.63, 3.8) is 0 Å². The van der Waals surface area contributed by atoms with E-state index in [9.17, 15) is 13.6 Å². The highest BCUT2D eigenvalue weighted by molar-refractivity contribution is 5.59. The van der Waals surface area contributed by atoms with Gasteiger partial charge in [0.15, 0.2) is 0 Å². The molecule has 0 unspecified atom stereocenters. The topological polar surface area (TPSA) is 35.5 Å². The first kappa shape index (κ1) is 21.9. The lowest BCUT2D eigenvalue weighted by Crippen LogP contribution is -2.09. The molecule has 0 saturated carbocycles. The van der Waals surface area contributed by atoms with Crippen LogP contribution in [-0.2, 0) is 22.3 Å². The Bertz CT molecular complexity index is 624. The van der Waals surface area contributed by atoms with Crippen molar-refractivity contribution in [3.8, 4) is 0 Å². The normalized spacial score (nSPS) is 10.6. The Morgan fingerprint density at radius 2 is 1.00 bits per heavy atom. The van der Waals surface area contributed by atoms with Crippen LogP contribution in [0.15, 0.2) is 48.5 Å². The molecule has 2 rings (SSSR count). The van der Waals surface area contributed by atoms with Crippen LogP contribution in [0.5, 0.6) is 0 Å². The molecule has 0 spiro atoms. The van der Waals surface area contributed by atoms with Gasteiger partial charge in [-0.3, -0.25) is 0 Å². The maximum atomic E-state index is 12.8. The second-order valence-corrected chi connectivity index (χ2v) is 6.82. The summed E-state index contributed by atoms with van der Waals surface area (Å²) in [5.41, 5.74) is 2.22. The van der Waals surface area contributed by atoms with Gasteiger partial charge in [-0.05, 0) is 86.8 Å². The summed E-state index contributed by atoms with van der Waals surface area (Å²) in [6.45, 7) is 0.708. The Balaban J connectivity index is 1.39. The van der Waals surface area contributed by atoms with Gasteiger partial charge in [-0.25, -0.2) is 13.6 Å². The molecule has 0 aliphatic carbocycles. The smallest absolute Gasteiger partial charge is 0.434 e. The number of hydrogen-bond donors (Lipinski definition) is 0. The van der Waals surface area contributed by atoms with Crippen molar-refractivity contribution in [2.45, 2.75) is 51.4 Å². The Labute approximate surface area is 165 Å². The van der Waals surface area contributed by atoms with Crippen LogP contribution in [0, 0.1) is 11.6 Å². The fourth-order valence-corrected chi connectivity index (χ4v) is 2.87. The summed E-state index contributed by atoms with van der Waals surface area (Å²) in [4.78, 5) is 11.5. The average molecular weight is 390 g/mol. The molecule has 2 aromatic carbocycles. The number of aryl methyl sites for hydroxylation is 2. The van der Waals surface area contributed by atoms with Crippen molar-refractivity contribution >= 4 is 6.16 Å². The molecule has 0 heterocycles. The molecule has 0 atom stereocenters. The highest BCUT2D eigenvalue weighted by atomic mass is 19.1. The van der Waals surface area contributed by atoms with Crippen LogP contribution >= 0.6 is 0 Å². The number of carbonyl (C=O) groups is 1. The Morgan fingerprint density at radius 3 is 1.39 bits per heavy atom. The maximum absolute atomic E-state index is 12.8. The zero-order chi connectivity index (χ0) is 20.0. The number of halogens is 2. The highest BCUT2D eigenvalue weighted by Crippen LogP contribution is 2.09. The molecule has 0 bridgehead atoms. The first-order valence-electron chi connectivity index (χ1n) is 9.92. The quantitative estimate of drug-likeness (QED) is 0.318. The van der Waals surface area contributed by atoms with E-state index >= 15 is 0 Å². The van der Waals surface area contributed by atoms with Crippen molar-refractivity contribution < 1.29 is 23.0 Å². The van der Waals surface area contributed by atoms with Crippen molar-refractivity contribution in [1.82, 2.24) is 0 Å². The van der Waals surface area contributed by atoms with Gasteiger partial charge in [-0.15, -0.1) is 0 Å². The Hall–Kier alpha value is -2.43. The van der Waals surface area contributed by atoms with Crippen LogP contribution in [0.2, 0.25) is 0 Å². The summed E-state index contributed by atoms with van der Waals surface area (Å²) in [6, 6.07) is 13.1. The van der Waals surface area contributed by atoms with E-state index < -0.39 is 6.16 Å². The SMILES string of the molecule is O=C(OCCCCCc1ccc(F)cc1)OCCCCCc1ccc(F)cc1. The minimum absolute atomic E-state index is 0.219. The molecule has 0 aromatic heterocycles. The summed E-state index contributed by atoms with van der Waals surface area (Å²) in [5.74, 6) is -0.438. The lowest BCUT2D eigenvalue weighted by atomic mass is 10.1. The average Bonchev–Trinajstić information content (AvgIpc) is 2.70. The van der Waals surface area contributed by atoms with Crippen molar-refractivity contribution in [2.75, 3.05) is 13.2 Å². The van der Waals surface area contributed by atoms with E-state index in [0.29, 0.717) is 13.2 Å². The number of rotatable bonds is 12. The highest BCUT2D eigenvalue weighted by Gasteiger charge is 2.03.